The molecule has 3 rings (SSSR count). The number of hydrogen-bond donors (Lipinski definition) is 0. The summed E-state index contributed by atoms with van der Waals surface area (Å²) in [5, 5.41) is 1.08. The highest BCUT2D eigenvalue weighted by atomic mass is 35.5. The van der Waals surface area contributed by atoms with Gasteiger partial charge in [0.05, 0.1) is 16.9 Å². The summed E-state index contributed by atoms with van der Waals surface area (Å²) in [5.74, 6) is 0.943. The fraction of sp³-hybridized carbons (Fsp3) is 0.591. The molecule has 2 atom stereocenters. The Morgan fingerprint density at radius 3 is 2.59 bits per heavy atom. The fourth-order valence-electron chi connectivity index (χ4n) is 4.07. The van der Waals surface area contributed by atoms with Crippen molar-refractivity contribution in [1.29, 1.82) is 0 Å². The molecule has 6 nitrogen and oxygen atoms in total. The van der Waals surface area contributed by atoms with Crippen molar-refractivity contribution in [3.63, 3.8) is 0 Å². The van der Waals surface area contributed by atoms with E-state index >= 15 is 0 Å². The van der Waals surface area contributed by atoms with Crippen molar-refractivity contribution in [2.45, 2.75) is 60.2 Å². The first kappa shape index (κ1) is 21.8. The van der Waals surface area contributed by atoms with Crippen LogP contribution in [0.25, 0.3) is 10.9 Å². The molecule has 0 spiro atoms. The van der Waals surface area contributed by atoms with Crippen LogP contribution in [0.4, 0.5) is 0 Å². The first-order valence-electron chi connectivity index (χ1n) is 10.3. The molecule has 2 aromatic rings. The van der Waals surface area contributed by atoms with Gasteiger partial charge in [-0.05, 0) is 39.0 Å². The van der Waals surface area contributed by atoms with E-state index in [2.05, 4.69) is 18.7 Å². The summed E-state index contributed by atoms with van der Waals surface area (Å²) in [6.45, 7) is 14.7. The average Bonchev–Trinajstić information content (AvgIpc) is 2.66. The van der Waals surface area contributed by atoms with Gasteiger partial charge in [-0.25, -0.2) is 4.98 Å². The standard InChI is InChI=1S/C22H31ClN4O2/c1-7-26-19(24-18-9-8-16(23)12-17(18)20(26)28)15(3)25-10-11-27(14(2)13-25)21(29)22(4,5)6/h8-9,12,14-15H,7,10-11,13H2,1-6H3. The molecule has 1 aliphatic rings. The molecule has 0 bridgehead atoms. The molecule has 158 valence electrons. The zero-order chi connectivity index (χ0) is 21.5. The Balaban J connectivity index is 1.90. The largest absolute Gasteiger partial charge is 0.337 e. The number of piperazine rings is 1. The Labute approximate surface area is 177 Å². The van der Waals surface area contributed by atoms with Crippen molar-refractivity contribution in [3.05, 3.63) is 39.4 Å². The second-order valence-corrected chi connectivity index (χ2v) is 9.39. The van der Waals surface area contributed by atoms with E-state index in [9.17, 15) is 9.59 Å². The van der Waals surface area contributed by atoms with E-state index in [1.54, 1.807) is 22.8 Å². The molecule has 1 fully saturated rings. The third-order valence-corrected chi connectivity index (χ3v) is 5.98. The molecule has 2 unspecified atom stereocenters. The summed E-state index contributed by atoms with van der Waals surface area (Å²) in [5.41, 5.74) is 0.225. The van der Waals surface area contributed by atoms with Gasteiger partial charge in [-0.1, -0.05) is 32.4 Å². The van der Waals surface area contributed by atoms with E-state index in [4.69, 9.17) is 16.6 Å². The molecule has 0 N–H and O–H groups in total. The quantitative estimate of drug-likeness (QED) is 0.762. The molecule has 1 aliphatic heterocycles. The Hall–Kier alpha value is -1.92. The summed E-state index contributed by atoms with van der Waals surface area (Å²) < 4.78 is 1.74. The van der Waals surface area contributed by atoms with Crippen LogP contribution in [-0.4, -0.2) is 50.9 Å². The molecule has 1 aromatic carbocycles. The van der Waals surface area contributed by atoms with Crippen molar-refractivity contribution in [1.82, 2.24) is 19.4 Å². The summed E-state index contributed by atoms with van der Waals surface area (Å²) in [6, 6.07) is 5.33. The number of amides is 1. The van der Waals surface area contributed by atoms with Gasteiger partial charge in [0.25, 0.3) is 5.56 Å². The molecule has 0 radical (unpaired) electrons. The van der Waals surface area contributed by atoms with Crippen LogP contribution in [0.2, 0.25) is 5.02 Å². The predicted molar refractivity (Wildman–Crippen MR) is 117 cm³/mol. The van der Waals surface area contributed by atoms with Crippen molar-refractivity contribution in [2.75, 3.05) is 19.6 Å². The molecule has 7 heteroatoms. The minimum Gasteiger partial charge on any atom is -0.337 e. The van der Waals surface area contributed by atoms with Gasteiger partial charge >= 0.3 is 0 Å². The lowest BCUT2D eigenvalue weighted by molar-refractivity contribution is -0.144. The van der Waals surface area contributed by atoms with E-state index in [0.29, 0.717) is 29.0 Å². The van der Waals surface area contributed by atoms with Crippen molar-refractivity contribution in [2.24, 2.45) is 5.41 Å². The molecular weight excluding hydrogens is 388 g/mol. The summed E-state index contributed by atoms with van der Waals surface area (Å²) >= 11 is 6.08. The predicted octanol–water partition coefficient (Wildman–Crippen LogP) is 3.71. The van der Waals surface area contributed by atoms with Crippen molar-refractivity contribution in [3.8, 4) is 0 Å². The lowest BCUT2D eigenvalue weighted by Crippen LogP contribution is -2.57. The van der Waals surface area contributed by atoms with Gasteiger partial charge < -0.3 is 4.90 Å². The lowest BCUT2D eigenvalue weighted by atomic mass is 9.93. The third-order valence-electron chi connectivity index (χ3n) is 5.74. The number of hydrogen-bond acceptors (Lipinski definition) is 4. The van der Waals surface area contributed by atoms with Crippen LogP contribution in [-0.2, 0) is 11.3 Å². The third kappa shape index (κ3) is 4.19. The van der Waals surface area contributed by atoms with Gasteiger partial charge in [0.1, 0.15) is 5.82 Å². The van der Waals surface area contributed by atoms with Gasteiger partial charge in [0, 0.05) is 42.7 Å². The van der Waals surface area contributed by atoms with E-state index in [-0.39, 0.29) is 29.0 Å². The summed E-state index contributed by atoms with van der Waals surface area (Å²) in [6.07, 6.45) is 0. The van der Waals surface area contributed by atoms with Gasteiger partial charge in [0.15, 0.2) is 0 Å². The van der Waals surface area contributed by atoms with Crippen molar-refractivity contribution < 1.29 is 4.79 Å². The minimum atomic E-state index is -0.383. The fourth-order valence-corrected chi connectivity index (χ4v) is 4.24. The SMILES string of the molecule is CCn1c(C(C)N2CCN(C(=O)C(C)(C)C)C(C)C2)nc2ccc(Cl)cc2c1=O. The highest BCUT2D eigenvalue weighted by molar-refractivity contribution is 6.31. The molecule has 29 heavy (non-hydrogen) atoms. The molecular formula is C22H31ClN4O2. The highest BCUT2D eigenvalue weighted by Crippen LogP contribution is 2.26. The Morgan fingerprint density at radius 1 is 1.31 bits per heavy atom. The maximum atomic E-state index is 13.0. The molecule has 0 saturated carbocycles. The highest BCUT2D eigenvalue weighted by Gasteiger charge is 2.35. The second-order valence-electron chi connectivity index (χ2n) is 8.95. The topological polar surface area (TPSA) is 58.4 Å². The number of benzene rings is 1. The number of fused-ring (bicyclic) bond motifs is 1. The lowest BCUT2D eigenvalue weighted by Gasteiger charge is -2.44. The molecule has 0 aliphatic carbocycles. The van der Waals surface area contributed by atoms with Crippen LogP contribution in [0.3, 0.4) is 0 Å². The zero-order valence-electron chi connectivity index (χ0n) is 18.2. The zero-order valence-corrected chi connectivity index (χ0v) is 19.0. The van der Waals surface area contributed by atoms with Gasteiger partial charge in [-0.2, -0.15) is 0 Å². The van der Waals surface area contributed by atoms with Gasteiger partial charge in [-0.3, -0.25) is 19.1 Å². The minimum absolute atomic E-state index is 0.0305. The number of aromatic nitrogens is 2. The van der Waals surface area contributed by atoms with E-state index in [0.717, 1.165) is 18.9 Å². The molecule has 1 saturated heterocycles. The molecule has 1 amide bonds. The first-order chi connectivity index (χ1) is 13.5. The molecule has 1 aromatic heterocycles. The summed E-state index contributed by atoms with van der Waals surface area (Å²) in [4.78, 5) is 34.9. The Kier molecular flexibility index (Phi) is 6.06. The van der Waals surface area contributed by atoms with Crippen LogP contribution < -0.4 is 5.56 Å². The maximum absolute atomic E-state index is 13.0. The van der Waals surface area contributed by atoms with Crippen LogP contribution in [0.5, 0.6) is 0 Å². The van der Waals surface area contributed by atoms with E-state index in [1.165, 1.54) is 0 Å². The number of rotatable bonds is 3. The van der Waals surface area contributed by atoms with Crippen LogP contribution in [0, 0.1) is 5.41 Å². The van der Waals surface area contributed by atoms with E-state index < -0.39 is 0 Å². The normalized spacial score (nSPS) is 19.6. The number of carbonyl (C=O) groups excluding carboxylic acids is 1. The van der Waals surface area contributed by atoms with E-state index in [1.807, 2.05) is 32.6 Å². The summed E-state index contributed by atoms with van der Waals surface area (Å²) in [7, 11) is 0. The number of carbonyl (C=O) groups is 1. The van der Waals surface area contributed by atoms with Crippen LogP contribution in [0.15, 0.2) is 23.0 Å². The van der Waals surface area contributed by atoms with Crippen LogP contribution in [0.1, 0.15) is 53.4 Å². The van der Waals surface area contributed by atoms with Gasteiger partial charge in [0.2, 0.25) is 5.91 Å². The second kappa shape index (κ2) is 8.07. The van der Waals surface area contributed by atoms with Crippen molar-refractivity contribution >= 4 is 28.4 Å². The monoisotopic (exact) mass is 418 g/mol. The molecule has 2 heterocycles. The maximum Gasteiger partial charge on any atom is 0.261 e. The van der Waals surface area contributed by atoms with Crippen LogP contribution >= 0.6 is 11.6 Å². The average molecular weight is 419 g/mol. The smallest absolute Gasteiger partial charge is 0.261 e. The Morgan fingerprint density at radius 2 is 2.00 bits per heavy atom. The number of halogens is 1. The first-order valence-corrected chi connectivity index (χ1v) is 10.7. The van der Waals surface area contributed by atoms with Gasteiger partial charge in [-0.15, -0.1) is 0 Å². The number of nitrogens with zero attached hydrogens (tertiary/aromatic N) is 4. The Bertz CT molecular complexity index is 979.